The lowest BCUT2D eigenvalue weighted by molar-refractivity contribution is -0.140. The molecule has 3 aromatic rings. The monoisotopic (exact) mass is 539 g/mol. The van der Waals surface area contributed by atoms with Gasteiger partial charge in [0.1, 0.15) is 18.4 Å². The molecule has 0 saturated heterocycles. The Bertz CT molecular complexity index is 1350. The Kier molecular flexibility index (Phi) is 10.0. The van der Waals surface area contributed by atoms with E-state index in [0.717, 1.165) is 39.7 Å². The first kappa shape index (κ1) is 28.8. The molecule has 38 heavy (non-hydrogen) atoms. The largest absolute Gasteiger partial charge is 0.354 e. The van der Waals surface area contributed by atoms with Crippen LogP contribution in [-0.2, 0) is 32.6 Å². The second-order valence-corrected chi connectivity index (χ2v) is 11.2. The number of sulfonamides is 1. The van der Waals surface area contributed by atoms with Crippen molar-refractivity contribution in [2.45, 2.75) is 39.3 Å². The van der Waals surface area contributed by atoms with Crippen LogP contribution in [0.25, 0.3) is 0 Å². The lowest BCUT2D eigenvalue weighted by Gasteiger charge is -2.33. The molecule has 3 aromatic carbocycles. The summed E-state index contributed by atoms with van der Waals surface area (Å²) in [5, 5.41) is 2.89. The zero-order valence-corrected chi connectivity index (χ0v) is 22.7. The van der Waals surface area contributed by atoms with Crippen molar-refractivity contribution >= 4 is 27.5 Å². The molecule has 0 aromatic heterocycles. The number of benzene rings is 3. The molecule has 0 unspecified atom stereocenters. The van der Waals surface area contributed by atoms with Crippen molar-refractivity contribution in [2.24, 2.45) is 0 Å². The fourth-order valence-electron chi connectivity index (χ4n) is 4.17. The Balaban J connectivity index is 2.04. The highest BCUT2D eigenvalue weighted by Crippen LogP contribution is 2.21. The molecule has 2 amide bonds. The van der Waals surface area contributed by atoms with Gasteiger partial charge in [-0.2, -0.15) is 0 Å². The number of aryl methyl sites for hydroxylation is 1. The van der Waals surface area contributed by atoms with Gasteiger partial charge in [0.25, 0.3) is 0 Å². The molecule has 0 radical (unpaired) electrons. The highest BCUT2D eigenvalue weighted by atomic mass is 32.2. The van der Waals surface area contributed by atoms with Gasteiger partial charge in [-0.1, -0.05) is 73.2 Å². The summed E-state index contributed by atoms with van der Waals surface area (Å²) in [4.78, 5) is 28.7. The van der Waals surface area contributed by atoms with Gasteiger partial charge >= 0.3 is 0 Å². The van der Waals surface area contributed by atoms with E-state index >= 15 is 0 Å². The van der Waals surface area contributed by atoms with E-state index < -0.39 is 34.3 Å². The fourth-order valence-corrected chi connectivity index (χ4v) is 5.01. The van der Waals surface area contributed by atoms with Crippen molar-refractivity contribution in [3.63, 3.8) is 0 Å². The average Bonchev–Trinajstić information content (AvgIpc) is 2.87. The number of carbonyl (C=O) groups excluding carboxylic acids is 2. The van der Waals surface area contributed by atoms with Crippen LogP contribution < -0.4 is 9.62 Å². The maximum Gasteiger partial charge on any atom is 0.244 e. The number of halogens is 1. The Hall–Kier alpha value is -3.72. The number of carbonyl (C=O) groups is 2. The summed E-state index contributed by atoms with van der Waals surface area (Å²) >= 11 is 0. The number of nitrogens with zero attached hydrogens (tertiary/aromatic N) is 2. The summed E-state index contributed by atoms with van der Waals surface area (Å²) in [5.74, 6) is -1.52. The number of amides is 2. The van der Waals surface area contributed by atoms with Crippen molar-refractivity contribution < 1.29 is 22.4 Å². The van der Waals surface area contributed by atoms with Crippen molar-refractivity contribution in [1.82, 2.24) is 10.2 Å². The third-order valence-electron chi connectivity index (χ3n) is 6.03. The SMILES string of the molecule is CCCNC(=O)[C@H](Cc1ccccc1)N(Cc1cccc(C)c1)C(=O)CN(c1cccc(F)c1)S(C)(=O)=O. The molecule has 3 rings (SSSR count). The predicted molar refractivity (Wildman–Crippen MR) is 148 cm³/mol. The van der Waals surface area contributed by atoms with Crippen LogP contribution in [0.1, 0.15) is 30.0 Å². The highest BCUT2D eigenvalue weighted by molar-refractivity contribution is 7.92. The minimum absolute atomic E-state index is 0.0337. The third-order valence-corrected chi connectivity index (χ3v) is 7.17. The molecule has 1 N–H and O–H groups in total. The van der Waals surface area contributed by atoms with E-state index in [1.54, 1.807) is 0 Å². The normalized spacial score (nSPS) is 12.0. The lowest BCUT2D eigenvalue weighted by atomic mass is 10.0. The van der Waals surface area contributed by atoms with Crippen LogP contribution in [0.15, 0.2) is 78.9 Å². The molecule has 1 atom stereocenters. The quantitative estimate of drug-likeness (QED) is 0.376. The van der Waals surface area contributed by atoms with Crippen LogP contribution in [0.5, 0.6) is 0 Å². The van der Waals surface area contributed by atoms with Gasteiger partial charge in [0, 0.05) is 19.5 Å². The van der Waals surface area contributed by atoms with Gasteiger partial charge in [0.05, 0.1) is 11.9 Å². The summed E-state index contributed by atoms with van der Waals surface area (Å²) < 4.78 is 40.2. The average molecular weight is 540 g/mol. The molecule has 0 aliphatic heterocycles. The number of nitrogens with one attached hydrogen (secondary N) is 1. The van der Waals surface area contributed by atoms with Gasteiger partial charge in [-0.25, -0.2) is 12.8 Å². The Morgan fingerprint density at radius 3 is 2.26 bits per heavy atom. The molecule has 0 heterocycles. The van der Waals surface area contributed by atoms with Crippen LogP contribution in [0.3, 0.4) is 0 Å². The van der Waals surface area contributed by atoms with E-state index in [1.165, 1.54) is 23.1 Å². The van der Waals surface area contributed by atoms with Crippen LogP contribution >= 0.6 is 0 Å². The molecule has 0 bridgehead atoms. The Morgan fingerprint density at radius 2 is 1.63 bits per heavy atom. The van der Waals surface area contributed by atoms with E-state index in [-0.39, 0.29) is 24.6 Å². The molecule has 0 fully saturated rings. The molecule has 9 heteroatoms. The molecule has 7 nitrogen and oxygen atoms in total. The summed E-state index contributed by atoms with van der Waals surface area (Å²) in [6.07, 6.45) is 1.93. The van der Waals surface area contributed by atoms with Crippen LogP contribution in [0.2, 0.25) is 0 Å². The van der Waals surface area contributed by atoms with Gasteiger partial charge in [-0.3, -0.25) is 13.9 Å². The zero-order chi connectivity index (χ0) is 27.7. The lowest BCUT2D eigenvalue weighted by Crippen LogP contribution is -2.53. The molecule has 0 aliphatic rings. The van der Waals surface area contributed by atoms with Crippen LogP contribution in [0, 0.1) is 12.7 Å². The van der Waals surface area contributed by atoms with Crippen LogP contribution in [0.4, 0.5) is 10.1 Å². The van der Waals surface area contributed by atoms with Crippen molar-refractivity contribution in [3.8, 4) is 0 Å². The first-order valence-corrected chi connectivity index (χ1v) is 14.3. The molecule has 0 saturated carbocycles. The van der Waals surface area contributed by atoms with Crippen molar-refractivity contribution in [1.29, 1.82) is 0 Å². The summed E-state index contributed by atoms with van der Waals surface area (Å²) in [7, 11) is -3.94. The van der Waals surface area contributed by atoms with Gasteiger partial charge in [-0.05, 0) is 42.7 Å². The Morgan fingerprint density at radius 1 is 0.947 bits per heavy atom. The van der Waals surface area contributed by atoms with E-state index in [9.17, 15) is 22.4 Å². The number of rotatable bonds is 12. The molecule has 0 aliphatic carbocycles. The first-order valence-electron chi connectivity index (χ1n) is 12.5. The van der Waals surface area contributed by atoms with Gasteiger partial charge < -0.3 is 10.2 Å². The van der Waals surface area contributed by atoms with Crippen LogP contribution in [-0.4, -0.2) is 50.5 Å². The second-order valence-electron chi connectivity index (χ2n) is 9.26. The van der Waals surface area contributed by atoms with Crippen molar-refractivity contribution in [3.05, 3.63) is 101 Å². The molecule has 0 spiro atoms. The smallest absolute Gasteiger partial charge is 0.244 e. The maximum absolute atomic E-state index is 14.0. The van der Waals surface area contributed by atoms with E-state index in [4.69, 9.17) is 0 Å². The number of hydrogen-bond acceptors (Lipinski definition) is 4. The minimum atomic E-state index is -3.94. The van der Waals surface area contributed by atoms with Gasteiger partial charge in [-0.15, -0.1) is 0 Å². The Labute approximate surface area is 224 Å². The third kappa shape index (κ3) is 8.14. The number of hydrogen-bond donors (Lipinski definition) is 1. The van der Waals surface area contributed by atoms with Gasteiger partial charge in [0.15, 0.2) is 0 Å². The van der Waals surface area contributed by atoms with Gasteiger partial charge in [0.2, 0.25) is 21.8 Å². The predicted octanol–water partition coefficient (Wildman–Crippen LogP) is 4.07. The van der Waals surface area contributed by atoms with E-state index in [1.807, 2.05) is 68.4 Å². The fraction of sp³-hybridized carbons (Fsp3) is 0.310. The highest BCUT2D eigenvalue weighted by Gasteiger charge is 2.33. The summed E-state index contributed by atoms with van der Waals surface area (Å²) in [6.45, 7) is 3.82. The topological polar surface area (TPSA) is 86.8 Å². The zero-order valence-electron chi connectivity index (χ0n) is 21.9. The van der Waals surface area contributed by atoms with Crippen molar-refractivity contribution in [2.75, 3.05) is 23.7 Å². The standard InChI is InChI=1S/C29H34FN3O4S/c1-4-16-31-29(35)27(18-23-11-6-5-7-12-23)32(20-24-13-8-10-22(2)17-24)28(34)21-33(38(3,36)37)26-15-9-14-25(30)19-26/h5-15,17,19,27H,4,16,18,20-21H2,1-3H3,(H,31,35)/t27-/m0/s1. The van der Waals surface area contributed by atoms with E-state index in [0.29, 0.717) is 6.54 Å². The second kappa shape index (κ2) is 13.2. The number of anilines is 1. The minimum Gasteiger partial charge on any atom is -0.354 e. The maximum atomic E-state index is 14.0. The van der Waals surface area contributed by atoms with E-state index in [2.05, 4.69) is 5.32 Å². The molecular formula is C29H34FN3O4S. The molecular weight excluding hydrogens is 505 g/mol. The molecule has 202 valence electrons. The summed E-state index contributed by atoms with van der Waals surface area (Å²) in [6, 6.07) is 21.1. The summed E-state index contributed by atoms with van der Waals surface area (Å²) in [5.41, 5.74) is 2.68. The first-order chi connectivity index (χ1) is 18.1.